The Balaban J connectivity index is 2.58. The molecular weight excluding hydrogens is 219 g/mol. The molecule has 1 rings (SSSR count). The second-order valence-electron chi connectivity index (χ2n) is 4.48. The molecule has 0 radical (unpaired) electrons. The third-order valence-electron chi connectivity index (χ3n) is 2.87. The average Bonchev–Trinajstić information content (AvgIpc) is 2.59. The van der Waals surface area contributed by atoms with Crippen LogP contribution in [0.1, 0.15) is 20.3 Å². The van der Waals surface area contributed by atoms with Gasteiger partial charge in [0, 0.05) is 19.1 Å². The molecule has 1 N–H and O–H groups in total. The van der Waals surface area contributed by atoms with Crippen molar-refractivity contribution in [3.8, 4) is 6.07 Å². The molecule has 0 aromatic heterocycles. The Kier molecular flexibility index (Phi) is 3.81. The van der Waals surface area contributed by atoms with Gasteiger partial charge in [0.25, 0.3) is 0 Å². The first-order valence-corrected chi connectivity index (χ1v) is 5.25. The molecule has 0 bridgehead atoms. The molecule has 0 spiro atoms. The zero-order valence-corrected chi connectivity index (χ0v) is 9.43. The van der Waals surface area contributed by atoms with Crippen molar-refractivity contribution in [1.82, 2.24) is 10.2 Å². The summed E-state index contributed by atoms with van der Waals surface area (Å²) in [6.45, 7) is 3.86. The van der Waals surface area contributed by atoms with Crippen LogP contribution in [0.2, 0.25) is 0 Å². The lowest BCUT2D eigenvalue weighted by atomic mass is 10.0. The van der Waals surface area contributed by atoms with Crippen LogP contribution in [0.3, 0.4) is 0 Å². The molecular formula is C10H16F3N3. The lowest BCUT2D eigenvalue weighted by molar-refractivity contribution is -0.127. The van der Waals surface area contributed by atoms with Crippen LogP contribution in [-0.4, -0.2) is 42.3 Å². The largest absolute Gasteiger partial charge is 0.401 e. The van der Waals surface area contributed by atoms with Crippen molar-refractivity contribution in [2.75, 3.05) is 19.6 Å². The summed E-state index contributed by atoms with van der Waals surface area (Å²) >= 11 is 0. The zero-order valence-electron chi connectivity index (χ0n) is 9.43. The molecule has 3 nitrogen and oxygen atoms in total. The summed E-state index contributed by atoms with van der Waals surface area (Å²) in [5, 5.41) is 11.3. The maximum absolute atomic E-state index is 12.1. The lowest BCUT2D eigenvalue weighted by Gasteiger charge is -2.25. The first kappa shape index (κ1) is 13.3. The molecule has 1 atom stereocenters. The predicted octanol–water partition coefficient (Wildman–Crippen LogP) is 1.51. The van der Waals surface area contributed by atoms with Gasteiger partial charge < -0.3 is 0 Å². The third-order valence-corrected chi connectivity index (χ3v) is 2.87. The monoisotopic (exact) mass is 235 g/mol. The molecule has 0 aliphatic carbocycles. The molecule has 1 unspecified atom stereocenters. The summed E-state index contributed by atoms with van der Waals surface area (Å²) in [4.78, 5) is 2.01. The maximum Gasteiger partial charge on any atom is 0.401 e. The number of likely N-dealkylation sites (tertiary alicyclic amines) is 1. The van der Waals surface area contributed by atoms with E-state index in [1.807, 2.05) is 24.8 Å². The normalized spacial score (nSPS) is 27.3. The van der Waals surface area contributed by atoms with Gasteiger partial charge in [-0.1, -0.05) is 0 Å². The topological polar surface area (TPSA) is 39.1 Å². The van der Waals surface area contributed by atoms with Gasteiger partial charge in [0.1, 0.15) is 5.54 Å². The van der Waals surface area contributed by atoms with E-state index in [2.05, 4.69) is 5.32 Å². The Hall–Kier alpha value is -0.800. The van der Waals surface area contributed by atoms with Gasteiger partial charge in [0.05, 0.1) is 12.6 Å². The number of alkyl halides is 3. The van der Waals surface area contributed by atoms with Crippen LogP contribution < -0.4 is 5.32 Å². The van der Waals surface area contributed by atoms with Crippen molar-refractivity contribution in [2.45, 2.75) is 38.0 Å². The molecule has 0 amide bonds. The molecule has 1 aliphatic heterocycles. The third kappa shape index (κ3) is 3.35. The molecule has 6 heteroatoms. The number of rotatable bonds is 3. The van der Waals surface area contributed by atoms with E-state index in [1.165, 1.54) is 0 Å². The molecule has 92 valence electrons. The van der Waals surface area contributed by atoms with E-state index in [0.29, 0.717) is 19.5 Å². The SMILES string of the molecule is CC(C)N1CCC(C#N)(NCC(F)(F)F)C1. The highest BCUT2D eigenvalue weighted by atomic mass is 19.4. The van der Waals surface area contributed by atoms with Gasteiger partial charge in [-0.05, 0) is 20.3 Å². The summed E-state index contributed by atoms with van der Waals surface area (Å²) in [6, 6.07) is 2.23. The van der Waals surface area contributed by atoms with E-state index in [-0.39, 0.29) is 6.04 Å². The zero-order chi connectivity index (χ0) is 12.4. The summed E-state index contributed by atoms with van der Waals surface area (Å²) in [5.74, 6) is 0. The quantitative estimate of drug-likeness (QED) is 0.806. The van der Waals surface area contributed by atoms with Gasteiger partial charge in [0.15, 0.2) is 0 Å². The van der Waals surface area contributed by atoms with Crippen LogP contribution in [0.5, 0.6) is 0 Å². The molecule has 0 aromatic carbocycles. The number of nitriles is 1. The minimum Gasteiger partial charge on any atom is -0.298 e. The Labute approximate surface area is 93.2 Å². The predicted molar refractivity (Wildman–Crippen MR) is 53.7 cm³/mol. The molecule has 1 fully saturated rings. The van der Waals surface area contributed by atoms with E-state index in [9.17, 15) is 13.2 Å². The van der Waals surface area contributed by atoms with E-state index in [4.69, 9.17) is 5.26 Å². The van der Waals surface area contributed by atoms with E-state index < -0.39 is 18.3 Å². The van der Waals surface area contributed by atoms with Crippen LogP contribution in [-0.2, 0) is 0 Å². The fraction of sp³-hybridized carbons (Fsp3) is 0.900. The second kappa shape index (κ2) is 4.60. The van der Waals surface area contributed by atoms with Crippen molar-refractivity contribution in [1.29, 1.82) is 5.26 Å². The lowest BCUT2D eigenvalue weighted by Crippen LogP contribution is -2.50. The van der Waals surface area contributed by atoms with Crippen LogP contribution in [0.25, 0.3) is 0 Å². The van der Waals surface area contributed by atoms with Gasteiger partial charge >= 0.3 is 6.18 Å². The van der Waals surface area contributed by atoms with Crippen molar-refractivity contribution in [3.05, 3.63) is 0 Å². The summed E-state index contributed by atoms with van der Waals surface area (Å²) in [7, 11) is 0. The highest BCUT2D eigenvalue weighted by molar-refractivity contribution is 5.13. The Morgan fingerprint density at radius 1 is 1.50 bits per heavy atom. The van der Waals surface area contributed by atoms with Crippen LogP contribution in [0.4, 0.5) is 13.2 Å². The number of nitrogens with one attached hydrogen (secondary N) is 1. The second-order valence-corrected chi connectivity index (χ2v) is 4.48. The average molecular weight is 235 g/mol. The number of halogens is 3. The summed E-state index contributed by atoms with van der Waals surface area (Å²) in [6.07, 6.45) is -3.83. The van der Waals surface area contributed by atoms with Gasteiger partial charge in [0.2, 0.25) is 0 Å². The Bertz CT molecular complexity index is 282. The van der Waals surface area contributed by atoms with Gasteiger partial charge in [-0.2, -0.15) is 18.4 Å². The van der Waals surface area contributed by atoms with Gasteiger partial charge in [-0.3, -0.25) is 10.2 Å². The van der Waals surface area contributed by atoms with E-state index >= 15 is 0 Å². The van der Waals surface area contributed by atoms with Crippen molar-refractivity contribution in [3.63, 3.8) is 0 Å². The molecule has 1 saturated heterocycles. The Morgan fingerprint density at radius 2 is 2.12 bits per heavy atom. The Morgan fingerprint density at radius 3 is 2.50 bits per heavy atom. The minimum absolute atomic E-state index is 0.253. The smallest absolute Gasteiger partial charge is 0.298 e. The van der Waals surface area contributed by atoms with Gasteiger partial charge in [-0.15, -0.1) is 0 Å². The summed E-state index contributed by atoms with van der Waals surface area (Å²) < 4.78 is 36.3. The summed E-state index contributed by atoms with van der Waals surface area (Å²) in [5.41, 5.74) is -1.04. The number of hydrogen-bond acceptors (Lipinski definition) is 3. The van der Waals surface area contributed by atoms with Crippen LogP contribution in [0.15, 0.2) is 0 Å². The van der Waals surface area contributed by atoms with Crippen LogP contribution >= 0.6 is 0 Å². The fourth-order valence-electron chi connectivity index (χ4n) is 1.82. The van der Waals surface area contributed by atoms with E-state index in [0.717, 1.165) is 0 Å². The van der Waals surface area contributed by atoms with Crippen molar-refractivity contribution < 1.29 is 13.2 Å². The van der Waals surface area contributed by atoms with Crippen LogP contribution in [0, 0.1) is 11.3 Å². The standard InChI is InChI=1S/C10H16F3N3/c1-8(2)16-4-3-9(5-14,7-16)15-6-10(11,12)13/h8,15H,3-4,6-7H2,1-2H3. The molecule has 1 aliphatic rings. The molecule has 16 heavy (non-hydrogen) atoms. The van der Waals surface area contributed by atoms with E-state index in [1.54, 1.807) is 0 Å². The first-order chi connectivity index (χ1) is 7.28. The number of nitrogens with zero attached hydrogens (tertiary/aromatic N) is 2. The molecule has 0 aromatic rings. The first-order valence-electron chi connectivity index (χ1n) is 5.25. The minimum atomic E-state index is -4.27. The molecule has 1 heterocycles. The fourth-order valence-corrected chi connectivity index (χ4v) is 1.82. The highest BCUT2D eigenvalue weighted by Crippen LogP contribution is 2.24. The van der Waals surface area contributed by atoms with Crippen molar-refractivity contribution in [2.24, 2.45) is 0 Å². The maximum atomic E-state index is 12.1. The highest BCUT2D eigenvalue weighted by Gasteiger charge is 2.41. The van der Waals surface area contributed by atoms with Crippen molar-refractivity contribution >= 4 is 0 Å². The van der Waals surface area contributed by atoms with Gasteiger partial charge in [-0.25, -0.2) is 0 Å². The molecule has 0 saturated carbocycles. The number of hydrogen-bond donors (Lipinski definition) is 1.